The van der Waals surface area contributed by atoms with Gasteiger partial charge >= 0.3 is 0 Å². The van der Waals surface area contributed by atoms with Crippen molar-refractivity contribution in [2.24, 2.45) is 4.99 Å². The molecule has 2 aromatic heterocycles. The normalized spacial score (nSPS) is 11.4. The summed E-state index contributed by atoms with van der Waals surface area (Å²) in [7, 11) is 1.77. The monoisotopic (exact) mass is 486 g/mol. The zero-order valence-corrected chi connectivity index (χ0v) is 18.2. The number of hydrogen-bond acceptors (Lipinski definition) is 3. The van der Waals surface area contributed by atoms with Gasteiger partial charge in [0.25, 0.3) is 0 Å². The summed E-state index contributed by atoms with van der Waals surface area (Å²) in [6, 6.07) is 18.3. The van der Waals surface area contributed by atoms with E-state index >= 15 is 0 Å². The molecule has 6 heteroatoms. The Morgan fingerprint density at radius 3 is 2.61 bits per heavy atom. The van der Waals surface area contributed by atoms with Crippen molar-refractivity contribution < 1.29 is 4.42 Å². The van der Waals surface area contributed by atoms with E-state index in [-0.39, 0.29) is 24.0 Å². The molecule has 0 saturated heterocycles. The van der Waals surface area contributed by atoms with E-state index in [4.69, 9.17) is 4.42 Å². The number of aromatic nitrogens is 1. The first-order valence-electron chi connectivity index (χ1n) is 9.00. The molecule has 0 aliphatic heterocycles. The third-order valence-corrected chi connectivity index (χ3v) is 4.75. The molecule has 28 heavy (non-hydrogen) atoms. The average molecular weight is 486 g/mol. The molecule has 0 spiro atoms. The SMILES string of the molecule is CN=C(NCc1oc2ccccc2c1C)NCc1cccc2cccnc12.I. The highest BCUT2D eigenvalue weighted by Crippen LogP contribution is 2.24. The second-order valence-corrected chi connectivity index (χ2v) is 6.42. The molecule has 0 fully saturated rings. The molecule has 0 bridgehead atoms. The molecule has 0 aliphatic rings. The Hall–Kier alpha value is -2.61. The van der Waals surface area contributed by atoms with Crippen molar-refractivity contribution in [3.05, 3.63) is 77.7 Å². The Labute approximate surface area is 181 Å². The molecule has 0 amide bonds. The third-order valence-electron chi connectivity index (χ3n) is 4.75. The smallest absolute Gasteiger partial charge is 0.191 e. The highest BCUT2D eigenvalue weighted by Gasteiger charge is 2.10. The summed E-state index contributed by atoms with van der Waals surface area (Å²) >= 11 is 0. The van der Waals surface area contributed by atoms with Crippen LogP contribution in [0.1, 0.15) is 16.9 Å². The topological polar surface area (TPSA) is 62.5 Å². The molecular weight excluding hydrogens is 463 g/mol. The maximum absolute atomic E-state index is 5.96. The van der Waals surface area contributed by atoms with Crippen LogP contribution in [0.2, 0.25) is 0 Å². The highest BCUT2D eigenvalue weighted by atomic mass is 127. The van der Waals surface area contributed by atoms with Gasteiger partial charge in [0.1, 0.15) is 11.3 Å². The van der Waals surface area contributed by atoms with E-state index in [0.717, 1.165) is 44.7 Å². The van der Waals surface area contributed by atoms with Gasteiger partial charge in [-0.25, -0.2) is 0 Å². The third kappa shape index (κ3) is 4.11. The van der Waals surface area contributed by atoms with Gasteiger partial charge in [-0.15, -0.1) is 24.0 Å². The number of aryl methyl sites for hydroxylation is 1. The number of guanidine groups is 1. The molecule has 0 unspecified atom stereocenters. The standard InChI is InChI=1S/C22H22N4O.HI/c1-15-18-10-3-4-11-19(18)27-20(15)14-26-22(23-2)25-13-17-8-5-7-16-9-6-12-24-21(16)17;/h3-12H,13-14H2,1-2H3,(H2,23,25,26);1H. The van der Waals surface area contributed by atoms with E-state index in [1.807, 2.05) is 30.5 Å². The number of pyridine rings is 1. The fraction of sp³-hybridized carbons (Fsp3) is 0.182. The molecule has 5 nitrogen and oxygen atoms in total. The number of halogens is 1. The van der Waals surface area contributed by atoms with Crippen molar-refractivity contribution in [1.29, 1.82) is 0 Å². The van der Waals surface area contributed by atoms with Crippen LogP contribution in [0.15, 0.2) is 70.2 Å². The Bertz CT molecular complexity index is 1110. The Morgan fingerprint density at radius 1 is 1.00 bits per heavy atom. The maximum atomic E-state index is 5.96. The largest absolute Gasteiger partial charge is 0.459 e. The van der Waals surface area contributed by atoms with E-state index in [9.17, 15) is 0 Å². The molecule has 2 heterocycles. The minimum atomic E-state index is 0. The van der Waals surface area contributed by atoms with Crippen LogP contribution < -0.4 is 10.6 Å². The lowest BCUT2D eigenvalue weighted by Crippen LogP contribution is -2.36. The van der Waals surface area contributed by atoms with E-state index in [0.29, 0.717) is 13.1 Å². The van der Waals surface area contributed by atoms with Crippen LogP contribution in [0.4, 0.5) is 0 Å². The predicted molar refractivity (Wildman–Crippen MR) is 125 cm³/mol. The second-order valence-electron chi connectivity index (χ2n) is 6.42. The van der Waals surface area contributed by atoms with Crippen molar-refractivity contribution in [2.75, 3.05) is 7.05 Å². The molecule has 2 aromatic carbocycles. The van der Waals surface area contributed by atoms with Gasteiger partial charge in [0.05, 0.1) is 12.1 Å². The number of aliphatic imine (C=N–C) groups is 1. The van der Waals surface area contributed by atoms with E-state index in [2.05, 4.69) is 57.9 Å². The average Bonchev–Trinajstić information content (AvgIpc) is 3.04. The molecular formula is C22H23IN4O. The highest BCUT2D eigenvalue weighted by molar-refractivity contribution is 14.0. The molecule has 2 N–H and O–H groups in total. The lowest BCUT2D eigenvalue weighted by molar-refractivity contribution is 0.534. The molecule has 4 aromatic rings. The Kier molecular flexibility index (Phi) is 6.51. The number of hydrogen-bond donors (Lipinski definition) is 2. The van der Waals surface area contributed by atoms with Crippen molar-refractivity contribution in [1.82, 2.24) is 15.6 Å². The Morgan fingerprint density at radius 2 is 1.79 bits per heavy atom. The van der Waals surface area contributed by atoms with Gasteiger partial charge in [-0.1, -0.05) is 42.5 Å². The minimum absolute atomic E-state index is 0. The van der Waals surface area contributed by atoms with Crippen LogP contribution in [0, 0.1) is 6.92 Å². The summed E-state index contributed by atoms with van der Waals surface area (Å²) in [5.74, 6) is 1.65. The molecule has 0 atom stereocenters. The van der Waals surface area contributed by atoms with Crippen molar-refractivity contribution >= 4 is 51.8 Å². The fourth-order valence-electron chi connectivity index (χ4n) is 3.27. The fourth-order valence-corrected chi connectivity index (χ4v) is 3.27. The number of rotatable bonds is 4. The van der Waals surface area contributed by atoms with E-state index in [1.165, 1.54) is 0 Å². The maximum Gasteiger partial charge on any atom is 0.191 e. The Balaban J connectivity index is 0.00000225. The zero-order valence-electron chi connectivity index (χ0n) is 15.9. The molecule has 0 radical (unpaired) electrons. The summed E-state index contributed by atoms with van der Waals surface area (Å²) in [5, 5.41) is 8.98. The van der Waals surface area contributed by atoms with Crippen LogP contribution in [-0.4, -0.2) is 18.0 Å². The van der Waals surface area contributed by atoms with Crippen LogP contribution in [0.25, 0.3) is 21.9 Å². The second kappa shape index (κ2) is 9.05. The molecule has 4 rings (SSSR count). The van der Waals surface area contributed by atoms with Gasteiger partial charge < -0.3 is 15.1 Å². The van der Waals surface area contributed by atoms with Gasteiger partial charge in [0.2, 0.25) is 0 Å². The van der Waals surface area contributed by atoms with Gasteiger partial charge in [0, 0.05) is 36.1 Å². The van der Waals surface area contributed by atoms with Crippen LogP contribution in [0.5, 0.6) is 0 Å². The summed E-state index contributed by atoms with van der Waals surface area (Å²) in [4.78, 5) is 8.81. The number of para-hydroxylation sites is 2. The summed E-state index contributed by atoms with van der Waals surface area (Å²) in [6.07, 6.45) is 1.82. The number of fused-ring (bicyclic) bond motifs is 2. The zero-order chi connectivity index (χ0) is 18.6. The number of nitrogens with one attached hydrogen (secondary N) is 2. The van der Waals surface area contributed by atoms with E-state index < -0.39 is 0 Å². The van der Waals surface area contributed by atoms with Crippen molar-refractivity contribution in [3.8, 4) is 0 Å². The van der Waals surface area contributed by atoms with Gasteiger partial charge in [-0.05, 0) is 24.6 Å². The summed E-state index contributed by atoms with van der Waals surface area (Å²) in [6.45, 7) is 3.31. The number of furan rings is 1. The van der Waals surface area contributed by atoms with Gasteiger partial charge in [-0.2, -0.15) is 0 Å². The lowest BCUT2D eigenvalue weighted by Gasteiger charge is -2.12. The van der Waals surface area contributed by atoms with Crippen LogP contribution >= 0.6 is 24.0 Å². The number of nitrogens with zero attached hydrogens (tertiary/aromatic N) is 2. The summed E-state index contributed by atoms with van der Waals surface area (Å²) < 4.78 is 5.96. The van der Waals surface area contributed by atoms with Gasteiger partial charge in [0.15, 0.2) is 5.96 Å². The molecule has 144 valence electrons. The van der Waals surface area contributed by atoms with Crippen LogP contribution in [-0.2, 0) is 13.1 Å². The predicted octanol–water partition coefficient (Wildman–Crippen LogP) is 4.77. The first-order chi connectivity index (χ1) is 13.3. The quantitative estimate of drug-likeness (QED) is 0.248. The lowest BCUT2D eigenvalue weighted by atomic mass is 10.1. The first kappa shape index (κ1) is 20.1. The molecule has 0 saturated carbocycles. The summed E-state index contributed by atoms with van der Waals surface area (Å²) in [5.41, 5.74) is 4.22. The number of benzene rings is 2. The molecule has 0 aliphatic carbocycles. The van der Waals surface area contributed by atoms with Crippen LogP contribution in [0.3, 0.4) is 0 Å². The van der Waals surface area contributed by atoms with Crippen molar-refractivity contribution in [3.63, 3.8) is 0 Å². The minimum Gasteiger partial charge on any atom is -0.459 e. The van der Waals surface area contributed by atoms with Gasteiger partial charge in [-0.3, -0.25) is 9.98 Å². The van der Waals surface area contributed by atoms with Crippen molar-refractivity contribution in [2.45, 2.75) is 20.0 Å². The van der Waals surface area contributed by atoms with E-state index in [1.54, 1.807) is 7.05 Å². The first-order valence-corrected chi connectivity index (χ1v) is 9.00.